The molecule has 2 aromatic carbocycles. The molecule has 0 aliphatic rings. The highest BCUT2D eigenvalue weighted by molar-refractivity contribution is 6.35. The lowest BCUT2D eigenvalue weighted by Gasteiger charge is -2.19. The van der Waals surface area contributed by atoms with E-state index in [1.165, 1.54) is 30.2 Å². The number of hydrogen-bond acceptors (Lipinski definition) is 4. The zero-order chi connectivity index (χ0) is 20.0. The van der Waals surface area contributed by atoms with Crippen molar-refractivity contribution in [1.82, 2.24) is 4.90 Å². The molecule has 0 saturated heterocycles. The molecule has 0 aromatic heterocycles. The van der Waals surface area contributed by atoms with E-state index in [2.05, 4.69) is 4.74 Å². The lowest BCUT2D eigenvalue weighted by atomic mass is 10.2. The molecule has 27 heavy (non-hydrogen) atoms. The van der Waals surface area contributed by atoms with Crippen molar-refractivity contribution in [2.75, 3.05) is 20.8 Å². The fourth-order valence-corrected chi connectivity index (χ4v) is 2.67. The third kappa shape index (κ3) is 6.15. The quantitative estimate of drug-likeness (QED) is 0.625. The molecule has 0 saturated carbocycles. The first-order valence-corrected chi connectivity index (χ1v) is 8.49. The summed E-state index contributed by atoms with van der Waals surface area (Å²) in [4.78, 5) is 13.7. The monoisotopic (exact) mass is 419 g/mol. The van der Waals surface area contributed by atoms with Gasteiger partial charge in [0, 0.05) is 18.6 Å². The Bertz CT molecular complexity index is 805. The zero-order valence-corrected chi connectivity index (χ0v) is 16.1. The van der Waals surface area contributed by atoms with Crippen LogP contribution in [0.2, 0.25) is 10.0 Å². The molecule has 0 spiro atoms. The summed E-state index contributed by atoms with van der Waals surface area (Å²) < 4.78 is 39.6. The highest BCUT2D eigenvalue weighted by Gasteiger charge is 2.15. The molecule has 2 rings (SSSR count). The van der Waals surface area contributed by atoms with Crippen molar-refractivity contribution >= 4 is 29.1 Å². The molecule has 1 amide bonds. The summed E-state index contributed by atoms with van der Waals surface area (Å²) in [5.41, 5.74) is 0.675. The molecule has 0 unspecified atom stereocenters. The van der Waals surface area contributed by atoms with Gasteiger partial charge >= 0.3 is 6.61 Å². The lowest BCUT2D eigenvalue weighted by Crippen LogP contribution is -2.31. The molecule has 0 fully saturated rings. The smallest absolute Gasteiger partial charge is 0.387 e. The van der Waals surface area contributed by atoms with Gasteiger partial charge in [0.2, 0.25) is 0 Å². The Kier molecular flexibility index (Phi) is 7.50. The molecule has 0 aliphatic heterocycles. The molecule has 0 heterocycles. The first kappa shape index (κ1) is 21.1. The number of alkyl halides is 2. The van der Waals surface area contributed by atoms with Crippen molar-refractivity contribution in [3.63, 3.8) is 0 Å². The Labute approximate surface area is 165 Å². The van der Waals surface area contributed by atoms with Crippen LogP contribution in [0, 0.1) is 0 Å². The van der Waals surface area contributed by atoms with Gasteiger partial charge < -0.3 is 19.1 Å². The Morgan fingerprint density at radius 3 is 2.44 bits per heavy atom. The largest absolute Gasteiger partial charge is 0.493 e. The maximum Gasteiger partial charge on any atom is 0.387 e. The summed E-state index contributed by atoms with van der Waals surface area (Å²) in [6.07, 6.45) is 0. The van der Waals surface area contributed by atoms with E-state index in [4.69, 9.17) is 32.7 Å². The maximum absolute atomic E-state index is 12.4. The standard InChI is InChI=1S/C18H17Cl2F2NO4/c1-23(17(24)10-26-14-6-4-12(19)8-13(14)20)9-11-3-5-15(27-18(21)22)16(7-11)25-2/h3-8,18H,9-10H2,1-2H3. The fourth-order valence-electron chi connectivity index (χ4n) is 2.21. The van der Waals surface area contributed by atoms with Gasteiger partial charge in [-0.3, -0.25) is 4.79 Å². The molecule has 2 aromatic rings. The maximum atomic E-state index is 12.4. The normalized spacial score (nSPS) is 10.6. The molecule has 5 nitrogen and oxygen atoms in total. The average molecular weight is 420 g/mol. The molecule has 0 radical (unpaired) electrons. The van der Waals surface area contributed by atoms with Crippen LogP contribution in [0.25, 0.3) is 0 Å². The van der Waals surface area contributed by atoms with E-state index in [1.54, 1.807) is 25.2 Å². The van der Waals surface area contributed by atoms with E-state index in [-0.39, 0.29) is 30.6 Å². The minimum atomic E-state index is -2.95. The van der Waals surface area contributed by atoms with Crippen LogP contribution in [0.4, 0.5) is 8.78 Å². The van der Waals surface area contributed by atoms with Crippen LogP contribution < -0.4 is 14.2 Å². The van der Waals surface area contributed by atoms with E-state index in [9.17, 15) is 13.6 Å². The van der Waals surface area contributed by atoms with Gasteiger partial charge in [0.15, 0.2) is 18.1 Å². The summed E-state index contributed by atoms with van der Waals surface area (Å²) in [5.74, 6) is 0.120. The second-order valence-electron chi connectivity index (χ2n) is 5.48. The van der Waals surface area contributed by atoms with Gasteiger partial charge in [-0.15, -0.1) is 0 Å². The van der Waals surface area contributed by atoms with E-state index in [0.29, 0.717) is 21.4 Å². The van der Waals surface area contributed by atoms with Crippen molar-refractivity contribution < 1.29 is 27.8 Å². The van der Waals surface area contributed by atoms with Crippen LogP contribution in [0.5, 0.6) is 17.2 Å². The summed E-state index contributed by atoms with van der Waals surface area (Å²) in [6, 6.07) is 9.15. The summed E-state index contributed by atoms with van der Waals surface area (Å²) in [7, 11) is 2.93. The summed E-state index contributed by atoms with van der Waals surface area (Å²) >= 11 is 11.8. The van der Waals surface area contributed by atoms with Gasteiger partial charge in [-0.05, 0) is 35.9 Å². The third-order valence-corrected chi connectivity index (χ3v) is 4.07. The molecule has 0 N–H and O–H groups in total. The molecular weight excluding hydrogens is 403 g/mol. The Morgan fingerprint density at radius 2 is 1.81 bits per heavy atom. The van der Waals surface area contributed by atoms with Gasteiger partial charge in [0.25, 0.3) is 5.91 Å². The molecule has 0 bridgehead atoms. The van der Waals surface area contributed by atoms with Crippen LogP contribution in [0.3, 0.4) is 0 Å². The summed E-state index contributed by atoms with van der Waals surface area (Å²) in [5, 5.41) is 0.765. The van der Waals surface area contributed by atoms with Crippen LogP contribution in [0.1, 0.15) is 5.56 Å². The topological polar surface area (TPSA) is 48.0 Å². The number of likely N-dealkylation sites (N-methyl/N-ethyl adjacent to an activating group) is 1. The van der Waals surface area contributed by atoms with Crippen molar-refractivity contribution in [2.24, 2.45) is 0 Å². The predicted molar refractivity (Wildman–Crippen MR) is 98.1 cm³/mol. The number of ether oxygens (including phenoxy) is 3. The second kappa shape index (κ2) is 9.62. The Morgan fingerprint density at radius 1 is 1.11 bits per heavy atom. The van der Waals surface area contributed by atoms with Gasteiger partial charge in [-0.1, -0.05) is 29.3 Å². The highest BCUT2D eigenvalue weighted by Crippen LogP contribution is 2.30. The number of rotatable bonds is 8. The Hall–Kier alpha value is -2.25. The highest BCUT2D eigenvalue weighted by atomic mass is 35.5. The van der Waals surface area contributed by atoms with Crippen LogP contribution in [-0.2, 0) is 11.3 Å². The lowest BCUT2D eigenvalue weighted by molar-refractivity contribution is -0.132. The van der Waals surface area contributed by atoms with E-state index in [1.807, 2.05) is 0 Å². The van der Waals surface area contributed by atoms with Crippen molar-refractivity contribution in [3.05, 3.63) is 52.0 Å². The van der Waals surface area contributed by atoms with Crippen LogP contribution in [0.15, 0.2) is 36.4 Å². The minimum Gasteiger partial charge on any atom is -0.493 e. The number of halogens is 4. The fraction of sp³-hybridized carbons (Fsp3) is 0.278. The van der Waals surface area contributed by atoms with Crippen LogP contribution >= 0.6 is 23.2 Å². The molecule has 146 valence electrons. The van der Waals surface area contributed by atoms with E-state index < -0.39 is 6.61 Å². The minimum absolute atomic E-state index is 0.0778. The molecule has 9 heteroatoms. The predicted octanol–water partition coefficient (Wildman–Crippen LogP) is 4.64. The third-order valence-electron chi connectivity index (χ3n) is 3.53. The SMILES string of the molecule is COc1cc(CN(C)C(=O)COc2ccc(Cl)cc2Cl)ccc1OC(F)F. The van der Waals surface area contributed by atoms with Gasteiger partial charge in [-0.25, -0.2) is 0 Å². The van der Waals surface area contributed by atoms with Gasteiger partial charge in [0.05, 0.1) is 12.1 Å². The Balaban J connectivity index is 1.97. The van der Waals surface area contributed by atoms with Crippen molar-refractivity contribution in [2.45, 2.75) is 13.2 Å². The van der Waals surface area contributed by atoms with Crippen LogP contribution in [-0.4, -0.2) is 38.2 Å². The number of hydrogen-bond donors (Lipinski definition) is 0. The van der Waals surface area contributed by atoms with Crippen molar-refractivity contribution in [1.29, 1.82) is 0 Å². The number of amides is 1. The molecular formula is C18H17Cl2F2NO4. The molecule has 0 aliphatic carbocycles. The zero-order valence-electron chi connectivity index (χ0n) is 14.5. The number of carbonyl (C=O) groups excluding carboxylic acids is 1. The number of benzene rings is 2. The number of carbonyl (C=O) groups is 1. The second-order valence-corrected chi connectivity index (χ2v) is 6.32. The number of nitrogens with zero attached hydrogens (tertiary/aromatic N) is 1. The van der Waals surface area contributed by atoms with Crippen molar-refractivity contribution in [3.8, 4) is 17.2 Å². The van der Waals surface area contributed by atoms with E-state index in [0.717, 1.165) is 0 Å². The summed E-state index contributed by atoms with van der Waals surface area (Å²) in [6.45, 7) is -2.95. The first-order valence-electron chi connectivity index (χ1n) is 7.73. The van der Waals surface area contributed by atoms with Gasteiger partial charge in [0.1, 0.15) is 5.75 Å². The number of methoxy groups -OCH3 is 1. The van der Waals surface area contributed by atoms with E-state index >= 15 is 0 Å². The van der Waals surface area contributed by atoms with Gasteiger partial charge in [-0.2, -0.15) is 8.78 Å². The first-order chi connectivity index (χ1) is 12.8. The molecule has 0 atom stereocenters. The average Bonchev–Trinajstić information content (AvgIpc) is 2.61.